The molecule has 29 heavy (non-hydrogen) atoms. The minimum Gasteiger partial charge on any atom is -0.497 e. The lowest BCUT2D eigenvalue weighted by Crippen LogP contribution is -2.29. The van der Waals surface area contributed by atoms with Crippen molar-refractivity contribution in [2.45, 2.75) is 17.4 Å². The maximum absolute atomic E-state index is 12.7. The van der Waals surface area contributed by atoms with Crippen LogP contribution in [0.5, 0.6) is 11.5 Å². The topological polar surface area (TPSA) is 47.6 Å². The lowest BCUT2D eigenvalue weighted by Gasteiger charge is -2.20. The molecule has 0 aliphatic carbocycles. The Morgan fingerprint density at radius 3 is 1.83 bits per heavy atom. The maximum Gasteiger partial charge on any atom is 0.221 e. The Kier molecular flexibility index (Phi) is 7.59. The highest BCUT2D eigenvalue weighted by Crippen LogP contribution is 2.26. The highest BCUT2D eigenvalue weighted by molar-refractivity contribution is 7.99. The summed E-state index contributed by atoms with van der Waals surface area (Å²) < 4.78 is 10.5. The standard InChI is InChI=1S/C24H25NO3S/c1-27-20-12-8-18(9-13-20)24(19-10-14-21(28-2)15-11-19)25-23(26)16-17-29-22-6-4-3-5-7-22/h3-15,24H,16-17H2,1-2H3,(H,25,26). The maximum atomic E-state index is 12.7. The summed E-state index contributed by atoms with van der Waals surface area (Å²) >= 11 is 1.68. The van der Waals surface area contributed by atoms with Crippen molar-refractivity contribution in [3.8, 4) is 11.5 Å². The minimum atomic E-state index is -0.235. The van der Waals surface area contributed by atoms with E-state index in [9.17, 15) is 4.79 Å². The Labute approximate surface area is 176 Å². The van der Waals surface area contributed by atoms with E-state index >= 15 is 0 Å². The number of benzene rings is 3. The third-order valence-corrected chi connectivity index (χ3v) is 5.56. The SMILES string of the molecule is COc1ccc(C(NC(=O)CCSc2ccccc2)c2ccc(OC)cc2)cc1. The predicted molar refractivity (Wildman–Crippen MR) is 118 cm³/mol. The number of ether oxygens (including phenoxy) is 2. The van der Waals surface area contributed by atoms with Crippen molar-refractivity contribution in [1.29, 1.82) is 0 Å². The van der Waals surface area contributed by atoms with Crippen molar-refractivity contribution < 1.29 is 14.3 Å². The van der Waals surface area contributed by atoms with Gasteiger partial charge in [0.15, 0.2) is 0 Å². The van der Waals surface area contributed by atoms with Crippen LogP contribution in [-0.4, -0.2) is 25.9 Å². The highest BCUT2D eigenvalue weighted by atomic mass is 32.2. The van der Waals surface area contributed by atoms with E-state index in [4.69, 9.17) is 9.47 Å². The van der Waals surface area contributed by atoms with Crippen LogP contribution < -0.4 is 14.8 Å². The zero-order valence-corrected chi connectivity index (χ0v) is 17.4. The van der Waals surface area contributed by atoms with E-state index in [1.54, 1.807) is 26.0 Å². The van der Waals surface area contributed by atoms with Gasteiger partial charge in [-0.3, -0.25) is 4.79 Å². The summed E-state index contributed by atoms with van der Waals surface area (Å²) in [6.45, 7) is 0. The van der Waals surface area contributed by atoms with Gasteiger partial charge in [-0.25, -0.2) is 0 Å². The van der Waals surface area contributed by atoms with Gasteiger partial charge in [0, 0.05) is 17.1 Å². The molecule has 4 nitrogen and oxygen atoms in total. The van der Waals surface area contributed by atoms with Crippen LogP contribution in [0.15, 0.2) is 83.8 Å². The summed E-state index contributed by atoms with van der Waals surface area (Å²) in [5, 5.41) is 3.18. The average molecular weight is 408 g/mol. The van der Waals surface area contributed by atoms with Crippen LogP contribution in [0.4, 0.5) is 0 Å². The normalized spacial score (nSPS) is 10.6. The molecule has 150 valence electrons. The number of rotatable bonds is 9. The van der Waals surface area contributed by atoms with E-state index in [-0.39, 0.29) is 11.9 Å². The highest BCUT2D eigenvalue weighted by Gasteiger charge is 2.17. The number of methoxy groups -OCH3 is 2. The number of hydrogen-bond donors (Lipinski definition) is 1. The summed E-state index contributed by atoms with van der Waals surface area (Å²) in [5.74, 6) is 2.32. The first-order valence-corrected chi connectivity index (χ1v) is 10.4. The van der Waals surface area contributed by atoms with Gasteiger partial charge in [-0.15, -0.1) is 11.8 Å². The number of amides is 1. The number of carbonyl (C=O) groups is 1. The largest absolute Gasteiger partial charge is 0.497 e. The minimum absolute atomic E-state index is 0.0186. The Balaban J connectivity index is 1.70. The summed E-state index contributed by atoms with van der Waals surface area (Å²) in [6.07, 6.45) is 0.447. The van der Waals surface area contributed by atoms with Crippen LogP contribution in [-0.2, 0) is 4.79 Å². The van der Waals surface area contributed by atoms with Crippen LogP contribution >= 0.6 is 11.8 Å². The van der Waals surface area contributed by atoms with Crippen molar-refractivity contribution in [1.82, 2.24) is 5.32 Å². The molecule has 1 amide bonds. The molecule has 0 heterocycles. The van der Waals surface area contributed by atoms with Gasteiger partial charge in [-0.05, 0) is 47.5 Å². The van der Waals surface area contributed by atoms with E-state index < -0.39 is 0 Å². The average Bonchev–Trinajstić information content (AvgIpc) is 2.78. The first kappa shape index (κ1) is 20.8. The molecule has 0 aliphatic heterocycles. The van der Waals surface area contributed by atoms with Crippen LogP contribution in [0.3, 0.4) is 0 Å². The predicted octanol–water partition coefficient (Wildman–Crippen LogP) is 5.09. The molecule has 5 heteroatoms. The van der Waals surface area contributed by atoms with Gasteiger partial charge in [0.05, 0.1) is 20.3 Å². The molecule has 0 unspecified atom stereocenters. The second kappa shape index (κ2) is 10.6. The molecule has 0 saturated carbocycles. The van der Waals surface area contributed by atoms with Crippen LogP contribution in [0.1, 0.15) is 23.6 Å². The Hall–Kier alpha value is -2.92. The Morgan fingerprint density at radius 2 is 1.34 bits per heavy atom. The fraction of sp³-hybridized carbons (Fsp3) is 0.208. The molecule has 3 aromatic rings. The van der Waals surface area contributed by atoms with Gasteiger partial charge in [-0.2, -0.15) is 0 Å². The number of hydrogen-bond acceptors (Lipinski definition) is 4. The number of nitrogens with one attached hydrogen (secondary N) is 1. The van der Waals surface area contributed by atoms with Gasteiger partial charge < -0.3 is 14.8 Å². The molecular formula is C24H25NO3S. The quantitative estimate of drug-likeness (QED) is 0.502. The van der Waals surface area contributed by atoms with Gasteiger partial charge in [0.25, 0.3) is 0 Å². The first-order chi connectivity index (χ1) is 14.2. The fourth-order valence-electron chi connectivity index (χ4n) is 2.96. The van der Waals surface area contributed by atoms with Gasteiger partial charge in [0.1, 0.15) is 11.5 Å². The van der Waals surface area contributed by atoms with Crippen molar-refractivity contribution in [3.63, 3.8) is 0 Å². The van der Waals surface area contributed by atoms with E-state index in [2.05, 4.69) is 17.4 Å². The molecule has 0 aromatic heterocycles. The van der Waals surface area contributed by atoms with E-state index in [0.29, 0.717) is 6.42 Å². The molecule has 0 bridgehead atoms. The Morgan fingerprint density at radius 1 is 0.828 bits per heavy atom. The van der Waals surface area contributed by atoms with Crippen molar-refractivity contribution >= 4 is 17.7 Å². The third kappa shape index (κ3) is 6.03. The molecule has 0 radical (unpaired) electrons. The fourth-order valence-corrected chi connectivity index (χ4v) is 3.84. The monoisotopic (exact) mass is 407 g/mol. The smallest absolute Gasteiger partial charge is 0.221 e. The molecule has 1 N–H and O–H groups in total. The molecule has 0 aliphatic rings. The van der Waals surface area contributed by atoms with Crippen LogP contribution in [0, 0.1) is 0 Å². The second-order valence-corrected chi connectivity index (χ2v) is 7.63. The summed E-state index contributed by atoms with van der Waals surface area (Å²) in [4.78, 5) is 13.8. The van der Waals surface area contributed by atoms with Crippen molar-refractivity contribution in [2.24, 2.45) is 0 Å². The molecule has 0 saturated heterocycles. The van der Waals surface area contributed by atoms with E-state index in [1.165, 1.54) is 4.90 Å². The van der Waals surface area contributed by atoms with E-state index in [0.717, 1.165) is 28.4 Å². The molecule has 0 fully saturated rings. The Bertz CT molecular complexity index is 848. The van der Waals surface area contributed by atoms with Crippen molar-refractivity contribution in [2.75, 3.05) is 20.0 Å². The molecular weight excluding hydrogens is 382 g/mol. The van der Waals surface area contributed by atoms with Gasteiger partial charge in [0.2, 0.25) is 5.91 Å². The summed E-state index contributed by atoms with van der Waals surface area (Å²) in [5.41, 5.74) is 2.00. The third-order valence-electron chi connectivity index (χ3n) is 4.54. The van der Waals surface area contributed by atoms with Crippen molar-refractivity contribution in [3.05, 3.63) is 90.0 Å². The summed E-state index contributed by atoms with van der Waals surface area (Å²) in [7, 11) is 3.28. The van der Waals surface area contributed by atoms with Crippen LogP contribution in [0.2, 0.25) is 0 Å². The van der Waals surface area contributed by atoms with Gasteiger partial charge in [-0.1, -0.05) is 42.5 Å². The molecule has 0 atom stereocenters. The van der Waals surface area contributed by atoms with Crippen LogP contribution in [0.25, 0.3) is 0 Å². The lowest BCUT2D eigenvalue weighted by atomic mass is 9.98. The first-order valence-electron chi connectivity index (χ1n) is 9.44. The second-order valence-electron chi connectivity index (χ2n) is 6.46. The lowest BCUT2D eigenvalue weighted by molar-refractivity contribution is -0.121. The van der Waals surface area contributed by atoms with Gasteiger partial charge >= 0.3 is 0 Å². The zero-order chi connectivity index (χ0) is 20.5. The zero-order valence-electron chi connectivity index (χ0n) is 16.6. The number of carbonyl (C=O) groups excluding carboxylic acids is 1. The molecule has 3 rings (SSSR count). The molecule has 0 spiro atoms. The molecule has 3 aromatic carbocycles. The van der Waals surface area contributed by atoms with E-state index in [1.807, 2.05) is 66.7 Å². The summed E-state index contributed by atoms with van der Waals surface area (Å²) in [6, 6.07) is 25.4. The number of thioether (sulfide) groups is 1.